The molecule has 0 aromatic heterocycles. The van der Waals surface area contributed by atoms with Crippen LogP contribution in [0.15, 0.2) is 77.7 Å². The predicted octanol–water partition coefficient (Wildman–Crippen LogP) is 5.08. The maximum atomic E-state index is 13.3. The average Bonchev–Trinajstić information content (AvgIpc) is 2.79. The molecular weight excluding hydrogens is 476 g/mol. The molecule has 6 nitrogen and oxygen atoms in total. The highest BCUT2D eigenvalue weighted by molar-refractivity contribution is 7.92. The number of amides is 1. The predicted molar refractivity (Wildman–Crippen MR) is 119 cm³/mol. The number of nitrogens with one attached hydrogen (secondary N) is 1. The van der Waals surface area contributed by atoms with Crippen LogP contribution in [0.3, 0.4) is 0 Å². The number of ether oxygens (including phenoxy) is 1. The van der Waals surface area contributed by atoms with Gasteiger partial charge in [0.1, 0.15) is 18.1 Å². The zero-order valence-electron chi connectivity index (χ0n) is 17.8. The lowest BCUT2D eigenvalue weighted by atomic mass is 10.2. The summed E-state index contributed by atoms with van der Waals surface area (Å²) in [7, 11) is -4.52. The van der Waals surface area contributed by atoms with E-state index in [9.17, 15) is 30.8 Å². The first kappa shape index (κ1) is 25.0. The SMILES string of the molecule is CCOc1ccc(NC(=O)CN(c2cccc(C(F)(F)F)c2)S(=O)(=O)c2ccc(F)cc2)cc1. The summed E-state index contributed by atoms with van der Waals surface area (Å²) in [5.41, 5.74) is -1.13. The van der Waals surface area contributed by atoms with E-state index < -0.39 is 40.0 Å². The Morgan fingerprint density at radius 3 is 2.24 bits per heavy atom. The molecule has 34 heavy (non-hydrogen) atoms. The lowest BCUT2D eigenvalue weighted by molar-refractivity contribution is -0.137. The van der Waals surface area contributed by atoms with Crippen molar-refractivity contribution in [3.63, 3.8) is 0 Å². The van der Waals surface area contributed by atoms with Gasteiger partial charge in [-0.3, -0.25) is 9.10 Å². The third kappa shape index (κ3) is 6.04. The first-order valence-electron chi connectivity index (χ1n) is 9.99. The Hall–Kier alpha value is -3.60. The standard InChI is InChI=1S/C23H20F4N2O4S/c1-2-33-20-10-8-18(9-11-20)28-22(30)15-29(19-5-3-4-16(14-19)23(25,26)27)34(31,32)21-12-6-17(24)7-13-21/h3-14H,2,15H2,1H3,(H,28,30). The Bertz CT molecular complexity index is 1250. The van der Waals surface area contributed by atoms with Crippen molar-refractivity contribution in [3.05, 3.63) is 84.2 Å². The number of halogens is 4. The highest BCUT2D eigenvalue weighted by Crippen LogP contribution is 2.33. The lowest BCUT2D eigenvalue weighted by Crippen LogP contribution is -2.38. The fourth-order valence-electron chi connectivity index (χ4n) is 3.02. The van der Waals surface area contributed by atoms with Crippen LogP contribution in [0, 0.1) is 5.82 Å². The molecule has 0 unspecified atom stereocenters. The largest absolute Gasteiger partial charge is 0.494 e. The van der Waals surface area contributed by atoms with E-state index in [1.165, 1.54) is 12.1 Å². The molecule has 0 atom stereocenters. The van der Waals surface area contributed by atoms with Crippen LogP contribution in [0.25, 0.3) is 0 Å². The lowest BCUT2D eigenvalue weighted by Gasteiger charge is -2.25. The Labute approximate surface area is 193 Å². The number of benzene rings is 3. The quantitative estimate of drug-likeness (QED) is 0.442. The molecule has 0 fully saturated rings. The molecule has 3 rings (SSSR count). The van der Waals surface area contributed by atoms with Gasteiger partial charge in [0.15, 0.2) is 0 Å². The molecule has 0 aliphatic rings. The van der Waals surface area contributed by atoms with E-state index in [-0.39, 0.29) is 10.6 Å². The van der Waals surface area contributed by atoms with E-state index in [1.807, 2.05) is 0 Å². The zero-order valence-corrected chi connectivity index (χ0v) is 18.7. The van der Waals surface area contributed by atoms with Gasteiger partial charge >= 0.3 is 6.18 Å². The minimum Gasteiger partial charge on any atom is -0.494 e. The van der Waals surface area contributed by atoms with Crippen molar-refractivity contribution in [1.29, 1.82) is 0 Å². The highest BCUT2D eigenvalue weighted by Gasteiger charge is 2.33. The van der Waals surface area contributed by atoms with Crippen LogP contribution in [0.4, 0.5) is 28.9 Å². The summed E-state index contributed by atoms with van der Waals surface area (Å²) >= 11 is 0. The van der Waals surface area contributed by atoms with Crippen LogP contribution in [0.5, 0.6) is 5.75 Å². The molecule has 3 aromatic rings. The number of rotatable bonds is 8. The first-order chi connectivity index (χ1) is 16.0. The number of nitrogens with zero attached hydrogens (tertiary/aromatic N) is 1. The third-order valence-corrected chi connectivity index (χ3v) is 6.39. The molecule has 0 radical (unpaired) electrons. The second-order valence-electron chi connectivity index (χ2n) is 7.02. The molecule has 1 N–H and O–H groups in total. The smallest absolute Gasteiger partial charge is 0.416 e. The molecule has 11 heteroatoms. The maximum Gasteiger partial charge on any atom is 0.416 e. The Morgan fingerprint density at radius 1 is 1.00 bits per heavy atom. The summed E-state index contributed by atoms with van der Waals surface area (Å²) in [5, 5.41) is 2.51. The number of anilines is 2. The monoisotopic (exact) mass is 496 g/mol. The van der Waals surface area contributed by atoms with Crippen LogP contribution >= 0.6 is 0 Å². The number of hydrogen-bond acceptors (Lipinski definition) is 4. The molecule has 0 saturated carbocycles. The Morgan fingerprint density at radius 2 is 1.65 bits per heavy atom. The summed E-state index contributed by atoms with van der Waals surface area (Å²) in [4.78, 5) is 12.3. The van der Waals surface area contributed by atoms with Gasteiger partial charge in [-0.2, -0.15) is 13.2 Å². The van der Waals surface area contributed by atoms with Crippen LogP contribution in [-0.4, -0.2) is 27.5 Å². The second-order valence-corrected chi connectivity index (χ2v) is 8.88. The van der Waals surface area contributed by atoms with E-state index >= 15 is 0 Å². The van der Waals surface area contributed by atoms with Crippen molar-refractivity contribution >= 4 is 27.3 Å². The Kier molecular flexibility index (Phi) is 7.45. The molecule has 0 spiro atoms. The molecule has 1 amide bonds. The van der Waals surface area contributed by atoms with Crippen molar-refractivity contribution in [2.45, 2.75) is 18.0 Å². The van der Waals surface area contributed by atoms with Crippen molar-refractivity contribution in [3.8, 4) is 5.75 Å². The van der Waals surface area contributed by atoms with Crippen molar-refractivity contribution in [2.75, 3.05) is 22.8 Å². The van der Waals surface area contributed by atoms with Crippen LogP contribution in [0.1, 0.15) is 12.5 Å². The van der Waals surface area contributed by atoms with Gasteiger partial charge in [-0.05, 0) is 73.7 Å². The fraction of sp³-hybridized carbons (Fsp3) is 0.174. The van der Waals surface area contributed by atoms with Gasteiger partial charge in [0.2, 0.25) is 5.91 Å². The summed E-state index contributed by atoms with van der Waals surface area (Å²) in [6.07, 6.45) is -4.73. The normalized spacial score (nSPS) is 11.7. The fourth-order valence-corrected chi connectivity index (χ4v) is 4.43. The van der Waals surface area contributed by atoms with Gasteiger partial charge in [-0.25, -0.2) is 12.8 Å². The topological polar surface area (TPSA) is 75.7 Å². The third-order valence-electron chi connectivity index (χ3n) is 4.60. The number of carbonyl (C=O) groups is 1. The summed E-state index contributed by atoms with van der Waals surface area (Å²) in [6, 6.07) is 13.6. The van der Waals surface area contributed by atoms with Gasteiger partial charge < -0.3 is 10.1 Å². The van der Waals surface area contributed by atoms with Gasteiger partial charge in [0.05, 0.1) is 22.8 Å². The average molecular weight is 496 g/mol. The summed E-state index contributed by atoms with van der Waals surface area (Å²) in [6.45, 7) is 1.42. The number of sulfonamides is 1. The minimum atomic E-state index is -4.73. The van der Waals surface area contributed by atoms with Gasteiger partial charge in [-0.15, -0.1) is 0 Å². The van der Waals surface area contributed by atoms with Gasteiger partial charge in [0, 0.05) is 5.69 Å². The zero-order chi connectivity index (χ0) is 24.9. The minimum absolute atomic E-state index is 0.330. The molecule has 3 aromatic carbocycles. The van der Waals surface area contributed by atoms with E-state index in [1.54, 1.807) is 19.1 Å². The molecule has 180 valence electrons. The van der Waals surface area contributed by atoms with E-state index in [0.717, 1.165) is 42.5 Å². The Balaban J connectivity index is 1.95. The summed E-state index contributed by atoms with van der Waals surface area (Å²) < 4.78 is 85.3. The molecule has 0 bridgehead atoms. The van der Waals surface area contributed by atoms with Crippen LogP contribution in [0.2, 0.25) is 0 Å². The van der Waals surface area contributed by atoms with Crippen molar-refractivity contribution in [1.82, 2.24) is 0 Å². The summed E-state index contributed by atoms with van der Waals surface area (Å²) in [5.74, 6) is -0.935. The van der Waals surface area contributed by atoms with E-state index in [4.69, 9.17) is 4.74 Å². The first-order valence-corrected chi connectivity index (χ1v) is 11.4. The molecule has 0 aliphatic heterocycles. The van der Waals surface area contributed by atoms with Crippen LogP contribution in [-0.2, 0) is 21.0 Å². The highest BCUT2D eigenvalue weighted by atomic mass is 32.2. The molecular formula is C23H20F4N2O4S. The number of carbonyl (C=O) groups excluding carboxylic acids is 1. The molecule has 0 saturated heterocycles. The number of alkyl halides is 3. The number of hydrogen-bond donors (Lipinski definition) is 1. The van der Waals surface area contributed by atoms with Gasteiger partial charge in [0.25, 0.3) is 10.0 Å². The maximum absolute atomic E-state index is 13.3. The van der Waals surface area contributed by atoms with Gasteiger partial charge in [-0.1, -0.05) is 6.07 Å². The molecule has 0 aliphatic carbocycles. The van der Waals surface area contributed by atoms with Crippen molar-refractivity contribution in [2.24, 2.45) is 0 Å². The molecule has 0 heterocycles. The van der Waals surface area contributed by atoms with Crippen molar-refractivity contribution < 1.29 is 35.5 Å². The van der Waals surface area contributed by atoms with E-state index in [0.29, 0.717) is 28.4 Å². The van der Waals surface area contributed by atoms with E-state index in [2.05, 4.69) is 5.32 Å². The second kappa shape index (κ2) is 10.1. The van der Waals surface area contributed by atoms with Crippen LogP contribution < -0.4 is 14.4 Å².